The molecule has 0 aromatic heterocycles. The van der Waals surface area contributed by atoms with E-state index >= 15 is 0 Å². The molecule has 0 saturated heterocycles. The summed E-state index contributed by atoms with van der Waals surface area (Å²) in [5.41, 5.74) is 1.26. The number of nitrogens with zero attached hydrogens (tertiary/aromatic N) is 2. The molecule has 7 heteroatoms. The van der Waals surface area contributed by atoms with Crippen molar-refractivity contribution in [2.75, 3.05) is 46.9 Å². The van der Waals surface area contributed by atoms with Crippen LogP contribution in [0.25, 0.3) is 0 Å². The average molecular weight is 448 g/mol. The third-order valence-electron chi connectivity index (χ3n) is 3.16. The van der Waals surface area contributed by atoms with Crippen molar-refractivity contribution in [2.24, 2.45) is 4.99 Å². The first-order chi connectivity index (χ1) is 11.1. The second kappa shape index (κ2) is 14.0. The number of amides is 1. The minimum Gasteiger partial charge on any atom is -0.380 e. The molecule has 0 heterocycles. The molecule has 0 aliphatic carbocycles. The number of hydrogen-bond donors (Lipinski definition) is 2. The fraction of sp³-hybridized carbons (Fsp3) is 0.529. The van der Waals surface area contributed by atoms with Gasteiger partial charge in [-0.2, -0.15) is 0 Å². The Kier molecular flexibility index (Phi) is 13.2. The second-order valence-electron chi connectivity index (χ2n) is 5.24. The molecule has 0 aliphatic rings. The molecule has 0 bridgehead atoms. The van der Waals surface area contributed by atoms with Crippen LogP contribution in [0.4, 0.5) is 0 Å². The summed E-state index contributed by atoms with van der Waals surface area (Å²) in [5, 5.41) is 6.43. The molecule has 1 aromatic rings. The van der Waals surface area contributed by atoms with Crippen molar-refractivity contribution in [3.63, 3.8) is 0 Å². The number of rotatable bonds is 9. The van der Waals surface area contributed by atoms with Crippen molar-refractivity contribution in [3.05, 3.63) is 35.9 Å². The first kappa shape index (κ1) is 22.6. The summed E-state index contributed by atoms with van der Waals surface area (Å²) in [6, 6.07) is 10.2. The number of nitrogens with one attached hydrogen (secondary N) is 2. The van der Waals surface area contributed by atoms with Gasteiger partial charge >= 0.3 is 0 Å². The first-order valence-electron chi connectivity index (χ1n) is 7.97. The largest absolute Gasteiger partial charge is 0.380 e. The van der Waals surface area contributed by atoms with Gasteiger partial charge in [0, 0.05) is 33.8 Å². The third kappa shape index (κ3) is 10.4. The van der Waals surface area contributed by atoms with Gasteiger partial charge in [0.2, 0.25) is 5.91 Å². The van der Waals surface area contributed by atoms with E-state index in [9.17, 15) is 4.79 Å². The molecular formula is C17H29IN4O2. The van der Waals surface area contributed by atoms with Gasteiger partial charge in [-0.25, -0.2) is 4.99 Å². The summed E-state index contributed by atoms with van der Waals surface area (Å²) in [4.78, 5) is 17.5. The van der Waals surface area contributed by atoms with Crippen molar-refractivity contribution in [3.8, 4) is 0 Å². The maximum Gasteiger partial charge on any atom is 0.243 e. The van der Waals surface area contributed by atoms with Crippen LogP contribution in [0.5, 0.6) is 0 Å². The Morgan fingerprint density at radius 2 is 1.83 bits per heavy atom. The summed E-state index contributed by atoms with van der Waals surface area (Å²) >= 11 is 0. The summed E-state index contributed by atoms with van der Waals surface area (Å²) in [7, 11) is 3.45. The number of likely N-dealkylation sites (N-methyl/N-ethyl adjacent to an activating group) is 1. The lowest BCUT2D eigenvalue weighted by atomic mass is 10.1. The van der Waals surface area contributed by atoms with E-state index in [-0.39, 0.29) is 36.4 Å². The topological polar surface area (TPSA) is 66.0 Å². The minimum atomic E-state index is -0.0287. The predicted molar refractivity (Wildman–Crippen MR) is 109 cm³/mol. The third-order valence-corrected chi connectivity index (χ3v) is 3.16. The molecule has 24 heavy (non-hydrogen) atoms. The summed E-state index contributed by atoms with van der Waals surface area (Å²) in [5.74, 6) is 0.606. The zero-order valence-corrected chi connectivity index (χ0v) is 17.1. The van der Waals surface area contributed by atoms with E-state index in [1.165, 1.54) is 10.5 Å². The van der Waals surface area contributed by atoms with E-state index in [4.69, 9.17) is 4.74 Å². The average Bonchev–Trinajstić information content (AvgIpc) is 2.56. The van der Waals surface area contributed by atoms with Gasteiger partial charge in [0.05, 0.1) is 6.61 Å². The molecule has 0 saturated carbocycles. The Morgan fingerprint density at radius 1 is 1.17 bits per heavy atom. The normalized spacial score (nSPS) is 10.7. The molecule has 0 radical (unpaired) electrons. The van der Waals surface area contributed by atoms with Crippen LogP contribution in [0.1, 0.15) is 12.5 Å². The number of carbonyl (C=O) groups is 1. The molecule has 1 aromatic carbocycles. The lowest BCUT2D eigenvalue weighted by Crippen LogP contribution is -2.41. The van der Waals surface area contributed by atoms with Crippen LogP contribution in [0.3, 0.4) is 0 Å². The van der Waals surface area contributed by atoms with Crippen LogP contribution >= 0.6 is 24.0 Å². The minimum absolute atomic E-state index is 0. The fourth-order valence-electron chi connectivity index (χ4n) is 1.82. The Labute approximate surface area is 162 Å². The van der Waals surface area contributed by atoms with Gasteiger partial charge in [0.15, 0.2) is 5.96 Å². The zero-order chi connectivity index (χ0) is 16.9. The highest BCUT2D eigenvalue weighted by molar-refractivity contribution is 14.0. The van der Waals surface area contributed by atoms with Crippen LogP contribution in [-0.2, 0) is 16.0 Å². The quantitative estimate of drug-likeness (QED) is 0.260. The van der Waals surface area contributed by atoms with Gasteiger partial charge in [-0.05, 0) is 18.9 Å². The molecule has 0 spiro atoms. The molecule has 1 amide bonds. The number of aliphatic imine (C=N–C) groups is 1. The molecule has 0 atom stereocenters. The number of halogens is 1. The maximum atomic E-state index is 11.7. The SMILES string of the molecule is CCOCCNC(=NCC(=O)N(C)C)NCCc1ccccc1.I. The molecule has 0 fully saturated rings. The number of carbonyl (C=O) groups excluding carboxylic acids is 1. The van der Waals surface area contributed by atoms with Crippen molar-refractivity contribution in [2.45, 2.75) is 13.3 Å². The molecule has 0 unspecified atom stereocenters. The van der Waals surface area contributed by atoms with Crippen LogP contribution in [0.15, 0.2) is 35.3 Å². The highest BCUT2D eigenvalue weighted by Crippen LogP contribution is 1.98. The van der Waals surface area contributed by atoms with Crippen LogP contribution in [0.2, 0.25) is 0 Å². The van der Waals surface area contributed by atoms with Crippen LogP contribution < -0.4 is 10.6 Å². The van der Waals surface area contributed by atoms with E-state index in [0.717, 1.165) is 13.0 Å². The highest BCUT2D eigenvalue weighted by atomic mass is 127. The Bertz CT molecular complexity index is 481. The maximum absolute atomic E-state index is 11.7. The van der Waals surface area contributed by atoms with Crippen molar-refractivity contribution in [1.29, 1.82) is 0 Å². The molecule has 1 rings (SSSR count). The molecular weight excluding hydrogens is 419 g/mol. The van der Waals surface area contributed by atoms with E-state index in [2.05, 4.69) is 27.8 Å². The monoisotopic (exact) mass is 448 g/mol. The van der Waals surface area contributed by atoms with Gasteiger partial charge in [0.25, 0.3) is 0 Å². The number of ether oxygens (including phenoxy) is 1. The molecule has 6 nitrogen and oxygen atoms in total. The Hall–Kier alpha value is -1.35. The van der Waals surface area contributed by atoms with Crippen molar-refractivity contribution in [1.82, 2.24) is 15.5 Å². The van der Waals surface area contributed by atoms with E-state index < -0.39 is 0 Å². The molecule has 2 N–H and O–H groups in total. The summed E-state index contributed by atoms with van der Waals surface area (Å²) < 4.78 is 5.30. The van der Waals surface area contributed by atoms with Gasteiger partial charge < -0.3 is 20.3 Å². The highest BCUT2D eigenvalue weighted by Gasteiger charge is 2.04. The smallest absolute Gasteiger partial charge is 0.243 e. The number of benzene rings is 1. The second-order valence-corrected chi connectivity index (χ2v) is 5.24. The van der Waals surface area contributed by atoms with Gasteiger partial charge in [-0.3, -0.25) is 4.79 Å². The first-order valence-corrected chi connectivity index (χ1v) is 7.97. The van der Waals surface area contributed by atoms with Gasteiger partial charge in [0.1, 0.15) is 6.54 Å². The lowest BCUT2D eigenvalue weighted by molar-refractivity contribution is -0.127. The fourth-order valence-corrected chi connectivity index (χ4v) is 1.82. The molecule has 0 aliphatic heterocycles. The Balaban J connectivity index is 0.00000529. The van der Waals surface area contributed by atoms with E-state index in [1.807, 2.05) is 25.1 Å². The lowest BCUT2D eigenvalue weighted by Gasteiger charge is -2.14. The number of hydrogen-bond acceptors (Lipinski definition) is 3. The van der Waals surface area contributed by atoms with Gasteiger partial charge in [-0.1, -0.05) is 30.3 Å². The zero-order valence-electron chi connectivity index (χ0n) is 14.7. The van der Waals surface area contributed by atoms with Gasteiger partial charge in [-0.15, -0.1) is 24.0 Å². The predicted octanol–water partition coefficient (Wildman–Crippen LogP) is 1.51. The summed E-state index contributed by atoms with van der Waals surface area (Å²) in [6.45, 7) is 4.79. The van der Waals surface area contributed by atoms with E-state index in [1.54, 1.807) is 14.1 Å². The van der Waals surface area contributed by atoms with Crippen LogP contribution in [0, 0.1) is 0 Å². The van der Waals surface area contributed by atoms with E-state index in [0.29, 0.717) is 25.7 Å². The number of guanidine groups is 1. The summed E-state index contributed by atoms with van der Waals surface area (Å²) in [6.07, 6.45) is 0.897. The van der Waals surface area contributed by atoms with Crippen LogP contribution in [-0.4, -0.2) is 63.7 Å². The van der Waals surface area contributed by atoms with Crippen molar-refractivity contribution < 1.29 is 9.53 Å². The molecule has 136 valence electrons. The Morgan fingerprint density at radius 3 is 2.46 bits per heavy atom. The standard InChI is InChI=1S/C17H28N4O2.HI/c1-4-23-13-12-19-17(20-14-16(22)21(2)3)18-11-10-15-8-6-5-7-9-15;/h5-9H,4,10-14H2,1-3H3,(H2,18,19,20);1H. The van der Waals surface area contributed by atoms with Crippen molar-refractivity contribution >= 4 is 35.8 Å².